The fourth-order valence-corrected chi connectivity index (χ4v) is 4.04. The lowest BCUT2D eigenvalue weighted by Gasteiger charge is -2.12. The van der Waals surface area contributed by atoms with Gasteiger partial charge in [-0.1, -0.05) is 11.3 Å². The molecule has 0 fully saturated rings. The molecule has 140 valence electrons. The molecule has 3 aromatic heterocycles. The topological polar surface area (TPSA) is 102 Å². The van der Waals surface area contributed by atoms with Crippen molar-refractivity contribution in [3.63, 3.8) is 0 Å². The third-order valence-corrected chi connectivity index (χ3v) is 5.31. The first-order valence-electron chi connectivity index (χ1n) is 8.34. The summed E-state index contributed by atoms with van der Waals surface area (Å²) in [7, 11) is 3.12. The van der Waals surface area contributed by atoms with E-state index in [0.717, 1.165) is 11.3 Å². The van der Waals surface area contributed by atoms with Gasteiger partial charge >= 0.3 is 4.87 Å². The Bertz CT molecular complexity index is 1280. The summed E-state index contributed by atoms with van der Waals surface area (Å²) in [6, 6.07) is 5.36. The number of rotatable bonds is 4. The minimum atomic E-state index is -0.262. The number of methoxy groups -OCH3 is 2. The van der Waals surface area contributed by atoms with Gasteiger partial charge in [-0.3, -0.25) is 24.4 Å². The number of fused-ring (bicyclic) bond motifs is 2. The highest BCUT2D eigenvalue weighted by Gasteiger charge is 2.23. The number of H-pyrrole nitrogens is 2. The number of nitrogens with one attached hydrogen (secondary N) is 2. The SMILES string of the molecule is COc1ccc(-c2c3sc(=O)[nH]c3nc3c2c(=O)[nH]n3C(C)C)c(OC)c1. The van der Waals surface area contributed by atoms with Crippen LogP contribution in [0.25, 0.3) is 32.5 Å². The van der Waals surface area contributed by atoms with Gasteiger partial charge in [-0.05, 0) is 26.0 Å². The van der Waals surface area contributed by atoms with Crippen molar-refractivity contribution in [2.45, 2.75) is 19.9 Å². The molecule has 4 aromatic rings. The van der Waals surface area contributed by atoms with Crippen molar-refractivity contribution in [3.8, 4) is 22.6 Å². The molecule has 4 rings (SSSR count). The standard InChI is InChI=1S/C18H18N4O4S/c1-8(2)22-16-13(17(23)21-22)12(14-15(19-16)20-18(24)27-14)10-6-5-9(25-3)7-11(10)26-4/h5-8H,1-4H3,(H,21,23)(H,19,20,24). The zero-order valence-electron chi connectivity index (χ0n) is 15.2. The lowest BCUT2D eigenvalue weighted by atomic mass is 10.0. The first-order chi connectivity index (χ1) is 12.9. The molecule has 0 aliphatic carbocycles. The average Bonchev–Trinajstić information content (AvgIpc) is 3.18. The molecular formula is C18H18N4O4S. The smallest absolute Gasteiger partial charge is 0.306 e. The van der Waals surface area contributed by atoms with Crippen molar-refractivity contribution >= 4 is 32.7 Å². The molecule has 1 aromatic carbocycles. The maximum atomic E-state index is 12.8. The number of pyridine rings is 1. The molecule has 0 saturated heterocycles. The van der Waals surface area contributed by atoms with Gasteiger partial charge in [0.05, 0.1) is 24.3 Å². The third-order valence-electron chi connectivity index (χ3n) is 4.42. The quantitative estimate of drug-likeness (QED) is 0.561. The van der Waals surface area contributed by atoms with Crippen LogP contribution < -0.4 is 19.9 Å². The van der Waals surface area contributed by atoms with Crippen LogP contribution in [-0.4, -0.2) is 34.0 Å². The lowest BCUT2D eigenvalue weighted by Crippen LogP contribution is -2.08. The maximum absolute atomic E-state index is 12.8. The highest BCUT2D eigenvalue weighted by Crippen LogP contribution is 2.40. The van der Waals surface area contributed by atoms with Gasteiger partial charge in [0.2, 0.25) is 0 Å². The molecule has 0 saturated carbocycles. The Labute approximate surface area is 157 Å². The molecule has 0 atom stereocenters. The van der Waals surface area contributed by atoms with E-state index in [0.29, 0.717) is 44.0 Å². The van der Waals surface area contributed by atoms with Crippen LogP contribution in [0.5, 0.6) is 11.5 Å². The van der Waals surface area contributed by atoms with Crippen LogP contribution in [-0.2, 0) is 0 Å². The fourth-order valence-electron chi connectivity index (χ4n) is 3.20. The summed E-state index contributed by atoms with van der Waals surface area (Å²) in [6.45, 7) is 3.90. The van der Waals surface area contributed by atoms with Gasteiger partial charge in [0, 0.05) is 23.2 Å². The van der Waals surface area contributed by atoms with E-state index in [4.69, 9.17) is 9.47 Å². The molecule has 0 aliphatic rings. The van der Waals surface area contributed by atoms with E-state index in [1.165, 1.54) is 0 Å². The van der Waals surface area contributed by atoms with Crippen LogP contribution in [0.15, 0.2) is 27.8 Å². The number of aromatic amines is 2. The number of nitrogens with zero attached hydrogens (tertiary/aromatic N) is 2. The third kappa shape index (κ3) is 2.62. The highest BCUT2D eigenvalue weighted by atomic mass is 32.1. The molecule has 0 spiro atoms. The van der Waals surface area contributed by atoms with Gasteiger partial charge in [-0.2, -0.15) is 0 Å². The Balaban J connectivity index is 2.21. The Hall–Kier alpha value is -3.07. The van der Waals surface area contributed by atoms with Crippen LogP contribution >= 0.6 is 11.3 Å². The Morgan fingerprint density at radius 2 is 1.96 bits per heavy atom. The predicted octanol–water partition coefficient (Wildman–Crippen LogP) is 2.89. The van der Waals surface area contributed by atoms with Crippen molar-refractivity contribution in [3.05, 3.63) is 38.2 Å². The van der Waals surface area contributed by atoms with E-state index in [-0.39, 0.29) is 16.5 Å². The second kappa shape index (κ2) is 6.27. The van der Waals surface area contributed by atoms with Gasteiger partial charge in [0.25, 0.3) is 5.56 Å². The first kappa shape index (κ1) is 17.3. The molecular weight excluding hydrogens is 368 g/mol. The van der Waals surface area contributed by atoms with Crippen molar-refractivity contribution in [1.29, 1.82) is 0 Å². The summed E-state index contributed by atoms with van der Waals surface area (Å²) in [5.41, 5.74) is 1.99. The molecule has 0 amide bonds. The monoisotopic (exact) mass is 386 g/mol. The maximum Gasteiger partial charge on any atom is 0.306 e. The number of hydrogen-bond acceptors (Lipinski definition) is 6. The van der Waals surface area contributed by atoms with Crippen molar-refractivity contribution in [2.24, 2.45) is 0 Å². The lowest BCUT2D eigenvalue weighted by molar-refractivity contribution is 0.395. The van der Waals surface area contributed by atoms with E-state index in [9.17, 15) is 9.59 Å². The van der Waals surface area contributed by atoms with E-state index in [1.807, 2.05) is 19.9 Å². The van der Waals surface area contributed by atoms with Gasteiger partial charge < -0.3 is 9.47 Å². The van der Waals surface area contributed by atoms with Crippen molar-refractivity contribution in [1.82, 2.24) is 19.7 Å². The number of benzene rings is 1. The zero-order chi connectivity index (χ0) is 19.3. The molecule has 27 heavy (non-hydrogen) atoms. The summed E-state index contributed by atoms with van der Waals surface area (Å²) >= 11 is 1.02. The molecule has 0 unspecified atom stereocenters. The highest BCUT2D eigenvalue weighted by molar-refractivity contribution is 7.17. The van der Waals surface area contributed by atoms with Crippen molar-refractivity contribution < 1.29 is 9.47 Å². The molecule has 9 heteroatoms. The summed E-state index contributed by atoms with van der Waals surface area (Å²) in [6.07, 6.45) is 0. The minimum Gasteiger partial charge on any atom is -0.497 e. The molecule has 0 bridgehead atoms. The van der Waals surface area contributed by atoms with Gasteiger partial charge in [0.1, 0.15) is 11.5 Å². The van der Waals surface area contributed by atoms with E-state index >= 15 is 0 Å². The van der Waals surface area contributed by atoms with Crippen LogP contribution in [0.1, 0.15) is 19.9 Å². The number of aromatic nitrogens is 4. The molecule has 3 heterocycles. The normalized spacial score (nSPS) is 11.6. The number of hydrogen-bond donors (Lipinski definition) is 2. The van der Waals surface area contributed by atoms with Crippen LogP contribution in [0.4, 0.5) is 0 Å². The average molecular weight is 386 g/mol. The summed E-state index contributed by atoms with van der Waals surface area (Å²) in [5.74, 6) is 1.17. The number of thiazole rings is 1. The molecule has 0 radical (unpaired) electrons. The zero-order valence-corrected chi connectivity index (χ0v) is 16.1. The van der Waals surface area contributed by atoms with Gasteiger partial charge in [-0.15, -0.1) is 0 Å². The molecule has 0 aliphatic heterocycles. The van der Waals surface area contributed by atoms with Crippen molar-refractivity contribution in [2.75, 3.05) is 14.2 Å². The van der Waals surface area contributed by atoms with Crippen LogP contribution in [0.2, 0.25) is 0 Å². The predicted molar refractivity (Wildman–Crippen MR) is 105 cm³/mol. The second-order valence-electron chi connectivity index (χ2n) is 6.35. The number of ether oxygens (including phenoxy) is 2. The van der Waals surface area contributed by atoms with Crippen LogP contribution in [0.3, 0.4) is 0 Å². The Morgan fingerprint density at radius 1 is 1.19 bits per heavy atom. The summed E-state index contributed by atoms with van der Waals surface area (Å²) in [4.78, 5) is 31.9. The summed E-state index contributed by atoms with van der Waals surface area (Å²) in [5, 5.41) is 3.27. The minimum absolute atomic E-state index is 0.00359. The Kier molecular flexibility index (Phi) is 4.03. The first-order valence-corrected chi connectivity index (χ1v) is 9.15. The molecule has 2 N–H and O–H groups in total. The largest absolute Gasteiger partial charge is 0.497 e. The van der Waals surface area contributed by atoms with E-state index < -0.39 is 0 Å². The second-order valence-corrected chi connectivity index (χ2v) is 7.33. The molecule has 8 nitrogen and oxygen atoms in total. The van der Waals surface area contributed by atoms with E-state index in [2.05, 4.69) is 15.1 Å². The van der Waals surface area contributed by atoms with Gasteiger partial charge in [0.15, 0.2) is 11.3 Å². The fraction of sp³-hybridized carbons (Fsp3) is 0.278. The van der Waals surface area contributed by atoms with Gasteiger partial charge in [-0.25, -0.2) is 4.98 Å². The summed E-state index contributed by atoms with van der Waals surface area (Å²) < 4.78 is 13.1. The van der Waals surface area contributed by atoms with E-state index in [1.54, 1.807) is 31.0 Å². The van der Waals surface area contributed by atoms with Crippen LogP contribution in [0, 0.1) is 0 Å². The Morgan fingerprint density at radius 3 is 2.63 bits per heavy atom.